The smallest absolute Gasteiger partial charge is 0.118 e. The van der Waals surface area contributed by atoms with E-state index >= 15 is 0 Å². The summed E-state index contributed by atoms with van der Waals surface area (Å²) in [6.45, 7) is 7.85. The zero-order valence-corrected chi connectivity index (χ0v) is 10.9. The Bertz CT molecular complexity index is 350. The zero-order chi connectivity index (χ0) is 12.3. The number of methoxy groups -OCH3 is 1. The van der Waals surface area contributed by atoms with Crippen LogP contribution in [0.25, 0.3) is 0 Å². The fourth-order valence-electron chi connectivity index (χ4n) is 2.41. The van der Waals surface area contributed by atoms with Crippen LogP contribution in [0.15, 0.2) is 24.3 Å². The predicted octanol–water partition coefficient (Wildman–Crippen LogP) is 2.05. The quantitative estimate of drug-likeness (QED) is 0.866. The molecule has 0 aromatic heterocycles. The maximum atomic E-state index is 5.19. The molecule has 2 atom stereocenters. The highest BCUT2D eigenvalue weighted by Crippen LogP contribution is 2.23. The van der Waals surface area contributed by atoms with E-state index in [9.17, 15) is 0 Å². The van der Waals surface area contributed by atoms with Crippen LogP contribution in [0.1, 0.15) is 25.5 Å². The minimum Gasteiger partial charge on any atom is -0.497 e. The van der Waals surface area contributed by atoms with Gasteiger partial charge in [0.05, 0.1) is 7.11 Å². The van der Waals surface area contributed by atoms with Gasteiger partial charge in [-0.05, 0) is 31.5 Å². The first-order chi connectivity index (χ1) is 8.20. The zero-order valence-electron chi connectivity index (χ0n) is 10.9. The van der Waals surface area contributed by atoms with E-state index < -0.39 is 0 Å². The summed E-state index contributed by atoms with van der Waals surface area (Å²) in [4.78, 5) is 2.53. The first-order valence-electron chi connectivity index (χ1n) is 6.32. The third-order valence-electron chi connectivity index (χ3n) is 3.55. The van der Waals surface area contributed by atoms with Gasteiger partial charge < -0.3 is 10.1 Å². The number of nitrogens with zero attached hydrogens (tertiary/aromatic N) is 1. The van der Waals surface area contributed by atoms with Crippen molar-refractivity contribution in [2.24, 2.45) is 0 Å². The van der Waals surface area contributed by atoms with Gasteiger partial charge >= 0.3 is 0 Å². The molecule has 1 aromatic rings. The van der Waals surface area contributed by atoms with Crippen LogP contribution < -0.4 is 10.1 Å². The maximum absolute atomic E-state index is 5.19. The van der Waals surface area contributed by atoms with Crippen molar-refractivity contribution in [3.8, 4) is 5.75 Å². The Morgan fingerprint density at radius 1 is 1.35 bits per heavy atom. The number of benzene rings is 1. The van der Waals surface area contributed by atoms with E-state index in [1.165, 1.54) is 5.56 Å². The van der Waals surface area contributed by atoms with Gasteiger partial charge in [0.25, 0.3) is 0 Å². The largest absolute Gasteiger partial charge is 0.497 e. The Morgan fingerprint density at radius 3 is 2.65 bits per heavy atom. The number of hydrogen-bond donors (Lipinski definition) is 1. The van der Waals surface area contributed by atoms with Gasteiger partial charge in [-0.3, -0.25) is 4.90 Å². The summed E-state index contributed by atoms with van der Waals surface area (Å²) >= 11 is 0. The third kappa shape index (κ3) is 2.99. The first-order valence-corrected chi connectivity index (χ1v) is 6.32. The molecule has 1 fully saturated rings. The van der Waals surface area contributed by atoms with Gasteiger partial charge in [-0.2, -0.15) is 0 Å². The molecule has 2 unspecified atom stereocenters. The summed E-state index contributed by atoms with van der Waals surface area (Å²) in [5.41, 5.74) is 1.36. The number of piperazine rings is 1. The highest BCUT2D eigenvalue weighted by atomic mass is 16.5. The summed E-state index contributed by atoms with van der Waals surface area (Å²) in [6.07, 6.45) is 0. The summed E-state index contributed by atoms with van der Waals surface area (Å²) in [5.74, 6) is 0.926. The van der Waals surface area contributed by atoms with E-state index in [0.29, 0.717) is 12.1 Å². The second kappa shape index (κ2) is 5.52. The normalized spacial score (nSPS) is 23.4. The van der Waals surface area contributed by atoms with E-state index in [4.69, 9.17) is 4.74 Å². The van der Waals surface area contributed by atoms with Gasteiger partial charge in [0.15, 0.2) is 0 Å². The Labute approximate surface area is 104 Å². The van der Waals surface area contributed by atoms with Gasteiger partial charge in [0.2, 0.25) is 0 Å². The Balaban J connectivity index is 2.04. The summed E-state index contributed by atoms with van der Waals surface area (Å²) in [6, 6.07) is 9.47. The molecule has 0 spiro atoms. The van der Waals surface area contributed by atoms with Crippen LogP contribution in [0, 0.1) is 0 Å². The van der Waals surface area contributed by atoms with Gasteiger partial charge in [-0.1, -0.05) is 12.1 Å². The standard InChI is InChI=1S/C14H22N2O/c1-11-10-16(9-8-15-11)12(2)13-4-6-14(17-3)7-5-13/h4-7,11-12,15H,8-10H2,1-3H3. The predicted molar refractivity (Wildman–Crippen MR) is 70.4 cm³/mol. The molecule has 1 aliphatic heterocycles. The van der Waals surface area contributed by atoms with Crippen LogP contribution in [0.5, 0.6) is 5.75 Å². The second-order valence-corrected chi connectivity index (χ2v) is 4.80. The highest BCUT2D eigenvalue weighted by molar-refractivity contribution is 5.28. The van der Waals surface area contributed by atoms with Crippen LogP contribution in [0.2, 0.25) is 0 Å². The molecule has 2 rings (SSSR count). The average molecular weight is 234 g/mol. The first kappa shape index (κ1) is 12.4. The van der Waals surface area contributed by atoms with Crippen molar-refractivity contribution in [2.45, 2.75) is 25.9 Å². The fraction of sp³-hybridized carbons (Fsp3) is 0.571. The lowest BCUT2D eigenvalue weighted by Gasteiger charge is -2.36. The molecule has 1 aliphatic rings. The molecule has 17 heavy (non-hydrogen) atoms. The van der Waals surface area contributed by atoms with Crippen LogP contribution in [-0.2, 0) is 0 Å². The molecule has 1 aromatic carbocycles. The molecule has 1 N–H and O–H groups in total. The molecular formula is C14H22N2O. The van der Waals surface area contributed by atoms with Crippen molar-refractivity contribution in [3.05, 3.63) is 29.8 Å². The van der Waals surface area contributed by atoms with Crippen molar-refractivity contribution < 1.29 is 4.74 Å². The number of ether oxygens (including phenoxy) is 1. The van der Waals surface area contributed by atoms with Gasteiger partial charge in [0.1, 0.15) is 5.75 Å². The second-order valence-electron chi connectivity index (χ2n) is 4.80. The molecule has 0 aliphatic carbocycles. The van der Waals surface area contributed by atoms with Crippen LogP contribution in [0.3, 0.4) is 0 Å². The molecule has 0 bridgehead atoms. The van der Waals surface area contributed by atoms with Crippen molar-refractivity contribution in [1.29, 1.82) is 0 Å². The summed E-state index contributed by atoms with van der Waals surface area (Å²) in [5, 5.41) is 3.47. The van der Waals surface area contributed by atoms with Crippen LogP contribution in [-0.4, -0.2) is 37.7 Å². The summed E-state index contributed by atoms with van der Waals surface area (Å²) in [7, 11) is 1.70. The molecule has 3 nitrogen and oxygen atoms in total. The van der Waals surface area contributed by atoms with E-state index in [1.807, 2.05) is 12.1 Å². The highest BCUT2D eigenvalue weighted by Gasteiger charge is 2.21. The third-order valence-corrected chi connectivity index (χ3v) is 3.55. The lowest BCUT2D eigenvalue weighted by molar-refractivity contribution is 0.158. The Hall–Kier alpha value is -1.06. The monoisotopic (exact) mass is 234 g/mol. The van der Waals surface area contributed by atoms with E-state index in [2.05, 4.69) is 36.2 Å². The molecule has 3 heteroatoms. The van der Waals surface area contributed by atoms with Gasteiger partial charge in [0, 0.05) is 31.7 Å². The van der Waals surface area contributed by atoms with Crippen molar-refractivity contribution in [2.75, 3.05) is 26.7 Å². The topological polar surface area (TPSA) is 24.5 Å². The minimum absolute atomic E-state index is 0.477. The molecule has 1 heterocycles. The fourth-order valence-corrected chi connectivity index (χ4v) is 2.41. The lowest BCUT2D eigenvalue weighted by atomic mass is 10.1. The number of nitrogens with one attached hydrogen (secondary N) is 1. The molecule has 0 amide bonds. The van der Waals surface area contributed by atoms with Crippen molar-refractivity contribution >= 4 is 0 Å². The van der Waals surface area contributed by atoms with Gasteiger partial charge in [-0.25, -0.2) is 0 Å². The average Bonchev–Trinajstić information content (AvgIpc) is 2.38. The van der Waals surface area contributed by atoms with E-state index in [0.717, 1.165) is 25.4 Å². The SMILES string of the molecule is COc1ccc(C(C)N2CCNC(C)C2)cc1. The van der Waals surface area contributed by atoms with Crippen molar-refractivity contribution in [1.82, 2.24) is 10.2 Å². The summed E-state index contributed by atoms with van der Waals surface area (Å²) < 4.78 is 5.19. The molecule has 0 saturated carbocycles. The molecule has 1 saturated heterocycles. The van der Waals surface area contributed by atoms with E-state index in [1.54, 1.807) is 7.11 Å². The van der Waals surface area contributed by atoms with Gasteiger partial charge in [-0.15, -0.1) is 0 Å². The minimum atomic E-state index is 0.477. The lowest BCUT2D eigenvalue weighted by Crippen LogP contribution is -2.49. The molecule has 94 valence electrons. The van der Waals surface area contributed by atoms with Crippen LogP contribution in [0.4, 0.5) is 0 Å². The molecular weight excluding hydrogens is 212 g/mol. The number of hydrogen-bond acceptors (Lipinski definition) is 3. The molecule has 0 radical (unpaired) electrons. The van der Waals surface area contributed by atoms with E-state index in [-0.39, 0.29) is 0 Å². The number of rotatable bonds is 3. The Kier molecular flexibility index (Phi) is 4.02. The Morgan fingerprint density at radius 2 is 2.06 bits per heavy atom. The van der Waals surface area contributed by atoms with Crippen molar-refractivity contribution in [3.63, 3.8) is 0 Å². The van der Waals surface area contributed by atoms with Crippen LogP contribution >= 0.6 is 0 Å². The maximum Gasteiger partial charge on any atom is 0.118 e.